The van der Waals surface area contributed by atoms with Crippen molar-refractivity contribution >= 4 is 27.3 Å². The van der Waals surface area contributed by atoms with Gasteiger partial charge in [0, 0.05) is 6.42 Å². The molecule has 29 heavy (non-hydrogen) atoms. The Labute approximate surface area is 173 Å². The lowest BCUT2D eigenvalue weighted by Gasteiger charge is -2.16. The Hall–Kier alpha value is -2.61. The first-order valence-electron chi connectivity index (χ1n) is 8.68. The fourth-order valence-electron chi connectivity index (χ4n) is 2.86. The minimum absolute atomic E-state index is 0.0213. The van der Waals surface area contributed by atoms with Crippen LogP contribution < -0.4 is 9.46 Å². The van der Waals surface area contributed by atoms with Crippen LogP contribution in [0, 0.1) is 5.82 Å². The average molecular weight is 436 g/mol. The topological polar surface area (TPSA) is 75.6 Å². The first-order chi connectivity index (χ1) is 13.8. The largest absolute Gasteiger partial charge is 0.497 e. The third-order valence-electron chi connectivity index (χ3n) is 4.35. The standard InChI is InChI=1S/C21H19ClFNO4S/c1-28-17-9-6-14(7-10-17)20(25)12-15-4-2-3-5-21(15)29(26,27)24-16-8-11-19(23)18(22)13-16/h2-11,13,20,24-25H,12H2,1H3. The van der Waals surface area contributed by atoms with Crippen LogP contribution >= 0.6 is 11.6 Å². The van der Waals surface area contributed by atoms with E-state index < -0.39 is 21.9 Å². The monoisotopic (exact) mass is 435 g/mol. The van der Waals surface area contributed by atoms with E-state index in [2.05, 4.69) is 4.72 Å². The molecular formula is C21H19ClFNO4S. The average Bonchev–Trinajstić information content (AvgIpc) is 2.71. The smallest absolute Gasteiger partial charge is 0.262 e. The molecule has 0 aromatic heterocycles. The summed E-state index contributed by atoms with van der Waals surface area (Å²) in [4.78, 5) is 0.0213. The highest BCUT2D eigenvalue weighted by Crippen LogP contribution is 2.27. The molecule has 0 aliphatic rings. The number of halogens is 2. The van der Waals surface area contributed by atoms with Gasteiger partial charge in [0.15, 0.2) is 0 Å². The Balaban J connectivity index is 1.85. The first-order valence-corrected chi connectivity index (χ1v) is 10.5. The fourth-order valence-corrected chi connectivity index (χ4v) is 4.34. The zero-order chi connectivity index (χ0) is 21.0. The molecule has 0 heterocycles. The van der Waals surface area contributed by atoms with E-state index in [1.165, 1.54) is 18.2 Å². The Kier molecular flexibility index (Phi) is 6.42. The predicted octanol–water partition coefficient (Wildman–Crippen LogP) is 4.56. The van der Waals surface area contributed by atoms with Crippen molar-refractivity contribution in [1.82, 2.24) is 0 Å². The van der Waals surface area contributed by atoms with Crippen molar-refractivity contribution in [1.29, 1.82) is 0 Å². The molecule has 0 saturated heterocycles. The van der Waals surface area contributed by atoms with Gasteiger partial charge in [0.05, 0.1) is 28.8 Å². The minimum Gasteiger partial charge on any atom is -0.497 e. The second-order valence-corrected chi connectivity index (χ2v) is 8.39. The second kappa shape index (κ2) is 8.82. The number of rotatable bonds is 7. The number of anilines is 1. The van der Waals surface area contributed by atoms with Crippen LogP contribution in [0.3, 0.4) is 0 Å². The molecule has 0 spiro atoms. The van der Waals surface area contributed by atoms with Crippen molar-refractivity contribution in [3.8, 4) is 5.75 Å². The zero-order valence-electron chi connectivity index (χ0n) is 15.5. The molecular weight excluding hydrogens is 417 g/mol. The van der Waals surface area contributed by atoms with E-state index in [0.717, 1.165) is 6.07 Å². The van der Waals surface area contributed by atoms with E-state index in [1.807, 2.05) is 0 Å². The van der Waals surface area contributed by atoms with Gasteiger partial charge in [-0.3, -0.25) is 4.72 Å². The number of benzene rings is 3. The van der Waals surface area contributed by atoms with E-state index in [-0.39, 0.29) is 22.0 Å². The number of ether oxygens (including phenoxy) is 1. The van der Waals surface area contributed by atoms with Crippen molar-refractivity contribution in [2.24, 2.45) is 0 Å². The van der Waals surface area contributed by atoms with Crippen LogP contribution in [0.25, 0.3) is 0 Å². The van der Waals surface area contributed by atoms with E-state index >= 15 is 0 Å². The molecule has 0 saturated carbocycles. The lowest BCUT2D eigenvalue weighted by atomic mass is 10.0. The Bertz CT molecular complexity index is 1100. The molecule has 0 bridgehead atoms. The third kappa shape index (κ3) is 5.06. The maximum atomic E-state index is 13.3. The van der Waals surface area contributed by atoms with Gasteiger partial charge in [0.2, 0.25) is 0 Å². The van der Waals surface area contributed by atoms with Crippen molar-refractivity contribution in [3.63, 3.8) is 0 Å². The van der Waals surface area contributed by atoms with Crippen LogP contribution in [0.1, 0.15) is 17.2 Å². The summed E-state index contributed by atoms with van der Waals surface area (Å²) in [6, 6.07) is 16.8. The van der Waals surface area contributed by atoms with Crippen molar-refractivity contribution in [3.05, 3.63) is 88.7 Å². The predicted molar refractivity (Wildman–Crippen MR) is 110 cm³/mol. The summed E-state index contributed by atoms with van der Waals surface area (Å²) in [6.45, 7) is 0. The molecule has 3 aromatic carbocycles. The van der Waals surface area contributed by atoms with Crippen molar-refractivity contribution in [2.75, 3.05) is 11.8 Å². The Morgan fingerprint density at radius 2 is 1.79 bits per heavy atom. The number of aliphatic hydroxyl groups is 1. The van der Waals surface area contributed by atoms with E-state index in [4.69, 9.17) is 16.3 Å². The molecule has 1 unspecified atom stereocenters. The van der Waals surface area contributed by atoms with Gasteiger partial charge in [-0.2, -0.15) is 0 Å². The molecule has 2 N–H and O–H groups in total. The molecule has 0 aliphatic heterocycles. The maximum Gasteiger partial charge on any atom is 0.262 e. The summed E-state index contributed by atoms with van der Waals surface area (Å²) in [6.07, 6.45) is -0.814. The van der Waals surface area contributed by atoms with Gasteiger partial charge in [-0.25, -0.2) is 12.8 Å². The minimum atomic E-state index is -3.97. The molecule has 8 heteroatoms. The molecule has 3 aromatic rings. The van der Waals surface area contributed by atoms with Crippen LogP contribution in [0.2, 0.25) is 5.02 Å². The quantitative estimate of drug-likeness (QED) is 0.570. The molecule has 1 atom stereocenters. The van der Waals surface area contributed by atoms with Crippen LogP contribution in [-0.4, -0.2) is 20.6 Å². The highest BCUT2D eigenvalue weighted by atomic mass is 35.5. The van der Waals surface area contributed by atoms with Crippen LogP contribution in [0.5, 0.6) is 5.75 Å². The van der Waals surface area contributed by atoms with Gasteiger partial charge in [0.25, 0.3) is 10.0 Å². The highest BCUT2D eigenvalue weighted by Gasteiger charge is 2.21. The molecule has 5 nitrogen and oxygen atoms in total. The molecule has 152 valence electrons. The van der Waals surface area contributed by atoms with E-state index in [9.17, 15) is 17.9 Å². The normalized spacial score (nSPS) is 12.4. The number of aliphatic hydroxyl groups excluding tert-OH is 1. The van der Waals surface area contributed by atoms with Gasteiger partial charge < -0.3 is 9.84 Å². The van der Waals surface area contributed by atoms with Crippen LogP contribution in [0.4, 0.5) is 10.1 Å². The number of hydrogen-bond donors (Lipinski definition) is 2. The zero-order valence-corrected chi connectivity index (χ0v) is 17.0. The maximum absolute atomic E-state index is 13.3. The number of hydrogen-bond acceptors (Lipinski definition) is 4. The SMILES string of the molecule is COc1ccc(C(O)Cc2ccccc2S(=O)(=O)Nc2ccc(F)c(Cl)c2)cc1. The lowest BCUT2D eigenvalue weighted by Crippen LogP contribution is -2.16. The van der Waals surface area contributed by atoms with Gasteiger partial charge in [-0.15, -0.1) is 0 Å². The molecule has 0 aliphatic carbocycles. The number of sulfonamides is 1. The summed E-state index contributed by atoms with van der Waals surface area (Å²) in [5.74, 6) is 0.0173. The van der Waals surface area contributed by atoms with Crippen LogP contribution in [-0.2, 0) is 16.4 Å². The van der Waals surface area contributed by atoms with E-state index in [0.29, 0.717) is 16.9 Å². The lowest BCUT2D eigenvalue weighted by molar-refractivity contribution is 0.177. The molecule has 0 radical (unpaired) electrons. The molecule has 0 fully saturated rings. The summed E-state index contributed by atoms with van der Waals surface area (Å²) in [7, 11) is -2.42. The summed E-state index contributed by atoms with van der Waals surface area (Å²) < 4.78 is 46.6. The third-order valence-corrected chi connectivity index (χ3v) is 6.12. The van der Waals surface area contributed by atoms with E-state index in [1.54, 1.807) is 49.6 Å². The fraction of sp³-hybridized carbons (Fsp3) is 0.143. The van der Waals surface area contributed by atoms with Gasteiger partial charge in [-0.05, 0) is 47.5 Å². The Morgan fingerprint density at radius 3 is 2.45 bits per heavy atom. The highest BCUT2D eigenvalue weighted by molar-refractivity contribution is 7.92. The van der Waals surface area contributed by atoms with Gasteiger partial charge in [0.1, 0.15) is 11.6 Å². The second-order valence-electron chi connectivity index (χ2n) is 6.34. The van der Waals surface area contributed by atoms with Crippen molar-refractivity contribution < 1.29 is 22.7 Å². The van der Waals surface area contributed by atoms with Gasteiger partial charge in [-0.1, -0.05) is 41.9 Å². The van der Waals surface area contributed by atoms with Crippen molar-refractivity contribution in [2.45, 2.75) is 17.4 Å². The molecule has 3 rings (SSSR count). The van der Waals surface area contributed by atoms with Crippen LogP contribution in [0.15, 0.2) is 71.6 Å². The first kappa shape index (κ1) is 21.1. The summed E-state index contributed by atoms with van der Waals surface area (Å²) >= 11 is 5.73. The number of nitrogens with one attached hydrogen (secondary N) is 1. The van der Waals surface area contributed by atoms with Gasteiger partial charge >= 0.3 is 0 Å². The summed E-state index contributed by atoms with van der Waals surface area (Å²) in [5, 5.41) is 10.4. The number of methoxy groups -OCH3 is 1. The Morgan fingerprint density at radius 1 is 1.10 bits per heavy atom. The summed E-state index contributed by atoms with van der Waals surface area (Å²) in [5.41, 5.74) is 1.22. The molecule has 0 amide bonds.